The molecular formula is C26H32N2O3S. The molecule has 6 heteroatoms. The third-order valence-corrected chi connectivity index (χ3v) is 7.02. The summed E-state index contributed by atoms with van der Waals surface area (Å²) < 4.78 is 12.9. The van der Waals surface area contributed by atoms with Crippen LogP contribution in [0.15, 0.2) is 36.4 Å². The number of anilines is 1. The molecule has 5 nitrogen and oxygen atoms in total. The highest BCUT2D eigenvalue weighted by Gasteiger charge is 2.27. The van der Waals surface area contributed by atoms with Crippen molar-refractivity contribution in [2.45, 2.75) is 59.0 Å². The van der Waals surface area contributed by atoms with Crippen molar-refractivity contribution in [1.82, 2.24) is 4.98 Å². The van der Waals surface area contributed by atoms with Crippen LogP contribution < -0.4 is 9.64 Å². The van der Waals surface area contributed by atoms with E-state index in [1.807, 2.05) is 24.3 Å². The Hall–Kier alpha value is -2.44. The number of nitrogens with zero attached hydrogens (tertiary/aromatic N) is 2. The molecule has 0 bridgehead atoms. The summed E-state index contributed by atoms with van der Waals surface area (Å²) in [6, 6.07) is 11.7. The summed E-state index contributed by atoms with van der Waals surface area (Å²) in [4.78, 5) is 20.3. The smallest absolute Gasteiger partial charge is 0.260 e. The standard InChI is InChI=1S/C26H32N2O3S/c1-4-5-6-12-30-21-10-7-9-20(16-21)25(29)28(17-22-11-8-13-31-22)26-27-23-15-18(2)14-19(3)24(23)32-26/h7,9-10,14-16,22H,4-6,8,11-13,17H2,1-3H3. The van der Waals surface area contributed by atoms with Crippen LogP contribution in [-0.4, -0.2) is 36.8 Å². The highest BCUT2D eigenvalue weighted by atomic mass is 32.1. The quantitative estimate of drug-likeness (QED) is 0.357. The number of benzene rings is 2. The van der Waals surface area contributed by atoms with E-state index in [1.165, 1.54) is 11.1 Å². The van der Waals surface area contributed by atoms with Gasteiger partial charge in [0.15, 0.2) is 5.13 Å². The van der Waals surface area contributed by atoms with Crippen molar-refractivity contribution in [3.8, 4) is 5.75 Å². The van der Waals surface area contributed by atoms with Crippen molar-refractivity contribution in [2.75, 3.05) is 24.7 Å². The fraction of sp³-hybridized carbons (Fsp3) is 0.462. The predicted molar refractivity (Wildman–Crippen MR) is 131 cm³/mol. The molecule has 32 heavy (non-hydrogen) atoms. The lowest BCUT2D eigenvalue weighted by Crippen LogP contribution is -2.37. The normalized spacial score (nSPS) is 15.9. The van der Waals surface area contributed by atoms with E-state index in [1.54, 1.807) is 16.2 Å². The van der Waals surface area contributed by atoms with E-state index in [9.17, 15) is 4.79 Å². The monoisotopic (exact) mass is 452 g/mol. The number of aryl methyl sites for hydroxylation is 2. The molecule has 0 saturated carbocycles. The number of aromatic nitrogens is 1. The summed E-state index contributed by atoms with van der Waals surface area (Å²) in [5.74, 6) is 0.674. The first-order valence-electron chi connectivity index (χ1n) is 11.6. The average molecular weight is 453 g/mol. The van der Waals surface area contributed by atoms with Crippen molar-refractivity contribution >= 4 is 32.6 Å². The number of hydrogen-bond acceptors (Lipinski definition) is 5. The molecule has 0 radical (unpaired) electrons. The largest absolute Gasteiger partial charge is 0.494 e. The predicted octanol–water partition coefficient (Wildman–Crippen LogP) is 6.31. The summed E-state index contributed by atoms with van der Waals surface area (Å²) in [5.41, 5.74) is 3.93. The van der Waals surface area contributed by atoms with Crippen molar-refractivity contribution in [1.29, 1.82) is 0 Å². The molecule has 1 aliphatic rings. The molecule has 1 fully saturated rings. The summed E-state index contributed by atoms with van der Waals surface area (Å²) in [6.07, 6.45) is 5.36. The third kappa shape index (κ3) is 5.30. The second kappa shape index (κ2) is 10.5. The number of fused-ring (bicyclic) bond motifs is 1. The first-order chi connectivity index (χ1) is 15.5. The molecule has 4 rings (SSSR count). The molecule has 170 valence electrons. The van der Waals surface area contributed by atoms with Gasteiger partial charge in [-0.15, -0.1) is 0 Å². The SMILES string of the molecule is CCCCCOc1cccc(C(=O)N(CC2CCCO2)c2nc3cc(C)cc(C)c3s2)c1. The van der Waals surface area contributed by atoms with E-state index in [4.69, 9.17) is 14.5 Å². The molecule has 2 heterocycles. The Balaban J connectivity index is 1.62. The van der Waals surface area contributed by atoms with Crippen LogP contribution in [-0.2, 0) is 4.74 Å². The highest BCUT2D eigenvalue weighted by molar-refractivity contribution is 7.22. The Bertz CT molecular complexity index is 1070. The van der Waals surface area contributed by atoms with Crippen LogP contribution in [0.25, 0.3) is 10.2 Å². The molecule has 0 aliphatic carbocycles. The van der Waals surface area contributed by atoms with Gasteiger partial charge in [0.1, 0.15) is 5.75 Å². The summed E-state index contributed by atoms with van der Waals surface area (Å²) in [7, 11) is 0. The molecule has 2 aromatic carbocycles. The molecule has 1 amide bonds. The van der Waals surface area contributed by atoms with Gasteiger partial charge in [0.2, 0.25) is 0 Å². The number of unbranched alkanes of at least 4 members (excludes halogenated alkanes) is 2. The summed E-state index contributed by atoms with van der Waals surface area (Å²) in [5, 5.41) is 0.725. The van der Waals surface area contributed by atoms with E-state index in [-0.39, 0.29) is 12.0 Å². The Kier molecular flexibility index (Phi) is 7.43. The van der Waals surface area contributed by atoms with E-state index in [0.717, 1.165) is 59.8 Å². The van der Waals surface area contributed by atoms with Crippen molar-refractivity contribution < 1.29 is 14.3 Å². The summed E-state index contributed by atoms with van der Waals surface area (Å²) >= 11 is 1.58. The van der Waals surface area contributed by atoms with Gasteiger partial charge in [0.25, 0.3) is 5.91 Å². The van der Waals surface area contributed by atoms with Gasteiger partial charge in [0, 0.05) is 12.2 Å². The van der Waals surface area contributed by atoms with Crippen molar-refractivity contribution in [3.63, 3.8) is 0 Å². The number of hydrogen-bond donors (Lipinski definition) is 0. The van der Waals surface area contributed by atoms with Gasteiger partial charge >= 0.3 is 0 Å². The molecule has 1 saturated heterocycles. The van der Waals surface area contributed by atoms with Gasteiger partial charge in [-0.3, -0.25) is 9.69 Å². The molecule has 1 unspecified atom stereocenters. The number of amides is 1. The van der Waals surface area contributed by atoms with E-state index < -0.39 is 0 Å². The molecule has 1 aliphatic heterocycles. The number of carbonyl (C=O) groups excluding carboxylic acids is 1. The molecule has 0 N–H and O–H groups in total. The van der Waals surface area contributed by atoms with Gasteiger partial charge in [-0.2, -0.15) is 0 Å². The number of rotatable bonds is 9. The minimum Gasteiger partial charge on any atom is -0.494 e. The van der Waals surface area contributed by atoms with Gasteiger partial charge < -0.3 is 9.47 Å². The van der Waals surface area contributed by atoms with Gasteiger partial charge in [-0.25, -0.2) is 4.98 Å². The summed E-state index contributed by atoms with van der Waals surface area (Å²) in [6.45, 7) is 8.29. The molecular weight excluding hydrogens is 420 g/mol. The van der Waals surface area contributed by atoms with E-state index >= 15 is 0 Å². The van der Waals surface area contributed by atoms with E-state index in [2.05, 4.69) is 32.9 Å². The average Bonchev–Trinajstić information content (AvgIpc) is 3.45. The van der Waals surface area contributed by atoms with Crippen LogP contribution in [0.1, 0.15) is 60.5 Å². The molecule has 0 spiro atoms. The second-order valence-electron chi connectivity index (χ2n) is 8.56. The van der Waals surface area contributed by atoms with Crippen LogP contribution in [0.2, 0.25) is 0 Å². The maximum atomic E-state index is 13.7. The van der Waals surface area contributed by atoms with Crippen LogP contribution in [0.5, 0.6) is 5.75 Å². The van der Waals surface area contributed by atoms with Crippen molar-refractivity contribution in [2.24, 2.45) is 0 Å². The minimum absolute atomic E-state index is 0.0438. The Morgan fingerprint density at radius 2 is 2.12 bits per heavy atom. The number of carbonyl (C=O) groups is 1. The van der Waals surface area contributed by atoms with Gasteiger partial charge in [-0.1, -0.05) is 43.2 Å². The van der Waals surface area contributed by atoms with Gasteiger partial charge in [-0.05, 0) is 68.5 Å². The first-order valence-corrected chi connectivity index (χ1v) is 12.4. The topological polar surface area (TPSA) is 51.7 Å². The Morgan fingerprint density at radius 1 is 1.25 bits per heavy atom. The Morgan fingerprint density at radius 3 is 2.91 bits per heavy atom. The van der Waals surface area contributed by atoms with Crippen molar-refractivity contribution in [3.05, 3.63) is 53.1 Å². The van der Waals surface area contributed by atoms with Crippen LogP contribution in [0.4, 0.5) is 5.13 Å². The van der Waals surface area contributed by atoms with Crippen LogP contribution in [0, 0.1) is 13.8 Å². The maximum Gasteiger partial charge on any atom is 0.260 e. The van der Waals surface area contributed by atoms with Crippen LogP contribution in [0.3, 0.4) is 0 Å². The lowest BCUT2D eigenvalue weighted by atomic mass is 10.1. The third-order valence-electron chi connectivity index (χ3n) is 5.79. The molecule has 1 atom stereocenters. The number of ether oxygens (including phenoxy) is 2. The highest BCUT2D eigenvalue weighted by Crippen LogP contribution is 2.34. The van der Waals surface area contributed by atoms with Crippen LogP contribution >= 0.6 is 11.3 Å². The first kappa shape index (κ1) is 22.7. The zero-order valence-corrected chi connectivity index (χ0v) is 20.0. The minimum atomic E-state index is -0.0621. The fourth-order valence-corrected chi connectivity index (χ4v) is 5.16. The lowest BCUT2D eigenvalue weighted by molar-refractivity contribution is 0.0917. The zero-order chi connectivity index (χ0) is 22.5. The Labute approximate surface area is 194 Å². The lowest BCUT2D eigenvalue weighted by Gasteiger charge is -2.23. The zero-order valence-electron chi connectivity index (χ0n) is 19.2. The van der Waals surface area contributed by atoms with Gasteiger partial charge in [0.05, 0.1) is 29.5 Å². The fourth-order valence-electron chi connectivity index (χ4n) is 4.14. The second-order valence-corrected chi connectivity index (χ2v) is 9.54. The molecule has 1 aromatic heterocycles. The molecule has 3 aromatic rings. The number of thiazole rings is 1. The maximum absolute atomic E-state index is 13.7. The van der Waals surface area contributed by atoms with E-state index in [0.29, 0.717) is 18.7 Å².